The third kappa shape index (κ3) is 5.02. The van der Waals surface area contributed by atoms with Crippen molar-refractivity contribution in [1.29, 1.82) is 0 Å². The van der Waals surface area contributed by atoms with E-state index in [-0.39, 0.29) is 17.7 Å². The summed E-state index contributed by atoms with van der Waals surface area (Å²) in [7, 11) is 1.52. The first-order valence-corrected chi connectivity index (χ1v) is 9.95. The molecule has 7 heteroatoms. The van der Waals surface area contributed by atoms with Crippen LogP contribution in [0.15, 0.2) is 60.9 Å². The van der Waals surface area contributed by atoms with Crippen LogP contribution in [0, 0.1) is 5.92 Å². The van der Waals surface area contributed by atoms with Crippen LogP contribution in [0.2, 0.25) is 5.02 Å². The lowest BCUT2D eigenvalue weighted by Crippen LogP contribution is -2.23. The third-order valence-corrected chi connectivity index (χ3v) is 4.90. The van der Waals surface area contributed by atoms with E-state index in [0.717, 1.165) is 16.9 Å². The zero-order valence-corrected chi connectivity index (χ0v) is 17.9. The van der Waals surface area contributed by atoms with Crippen molar-refractivity contribution < 1.29 is 14.3 Å². The maximum Gasteiger partial charge on any atom is 0.255 e. The fraction of sp³-hybridized carbons (Fsp3) is 0.217. The van der Waals surface area contributed by atoms with Gasteiger partial charge in [0.1, 0.15) is 5.75 Å². The van der Waals surface area contributed by atoms with Crippen molar-refractivity contribution >= 4 is 29.1 Å². The number of carbonyl (C=O) groups is 2. The van der Waals surface area contributed by atoms with Crippen molar-refractivity contribution in [1.82, 2.24) is 9.88 Å². The van der Waals surface area contributed by atoms with E-state index in [1.54, 1.807) is 12.1 Å². The molecule has 0 fully saturated rings. The van der Waals surface area contributed by atoms with Gasteiger partial charge in [-0.15, -0.1) is 0 Å². The molecule has 0 aliphatic heterocycles. The number of aromatic nitrogens is 1. The van der Waals surface area contributed by atoms with Crippen molar-refractivity contribution in [2.45, 2.75) is 20.4 Å². The molecule has 3 rings (SSSR count). The van der Waals surface area contributed by atoms with Gasteiger partial charge in [-0.2, -0.15) is 0 Å². The molecule has 0 saturated heterocycles. The summed E-state index contributed by atoms with van der Waals surface area (Å²) in [5.74, 6) is 0.0235. The molecule has 0 saturated carbocycles. The van der Waals surface area contributed by atoms with E-state index in [1.165, 1.54) is 7.11 Å². The summed E-state index contributed by atoms with van der Waals surface area (Å²) < 4.78 is 7.26. The molecule has 0 radical (unpaired) electrons. The molecule has 0 aliphatic rings. The Balaban J connectivity index is 1.69. The number of ether oxygens (including phenoxy) is 1. The number of amides is 2. The summed E-state index contributed by atoms with van der Waals surface area (Å²) in [6.45, 7) is 4.01. The van der Waals surface area contributed by atoms with Gasteiger partial charge in [0.2, 0.25) is 5.91 Å². The number of halogens is 1. The molecule has 3 aromatic rings. The Morgan fingerprint density at radius 2 is 1.77 bits per heavy atom. The summed E-state index contributed by atoms with van der Waals surface area (Å²) in [5.41, 5.74) is 2.71. The molecule has 1 aromatic heterocycles. The van der Waals surface area contributed by atoms with Gasteiger partial charge in [0.25, 0.3) is 5.91 Å². The summed E-state index contributed by atoms with van der Waals surface area (Å²) in [5, 5.41) is 6.16. The monoisotopic (exact) mass is 425 g/mol. The van der Waals surface area contributed by atoms with E-state index in [0.29, 0.717) is 22.9 Å². The van der Waals surface area contributed by atoms with Gasteiger partial charge < -0.3 is 19.9 Å². The number of carbonyl (C=O) groups excluding carboxylic acids is 2. The average molecular weight is 426 g/mol. The summed E-state index contributed by atoms with van der Waals surface area (Å²) in [6.07, 6.45) is 3.74. The van der Waals surface area contributed by atoms with Crippen LogP contribution in [-0.2, 0) is 11.3 Å². The lowest BCUT2D eigenvalue weighted by Gasteiger charge is -2.14. The molecule has 30 heavy (non-hydrogen) atoms. The minimum atomic E-state index is -0.287. The van der Waals surface area contributed by atoms with E-state index in [4.69, 9.17) is 16.3 Å². The van der Waals surface area contributed by atoms with Gasteiger partial charge in [-0.3, -0.25) is 9.59 Å². The van der Waals surface area contributed by atoms with Crippen molar-refractivity contribution in [2.75, 3.05) is 12.4 Å². The topological polar surface area (TPSA) is 72.4 Å². The van der Waals surface area contributed by atoms with E-state index in [9.17, 15) is 9.59 Å². The second-order valence-electron chi connectivity index (χ2n) is 7.12. The molecule has 2 aromatic carbocycles. The summed E-state index contributed by atoms with van der Waals surface area (Å²) in [6, 6.07) is 14.5. The predicted octanol–water partition coefficient (Wildman–Crippen LogP) is 4.66. The first-order chi connectivity index (χ1) is 14.4. The van der Waals surface area contributed by atoms with Gasteiger partial charge in [0, 0.05) is 36.6 Å². The number of nitrogens with zero attached hydrogens (tertiary/aromatic N) is 1. The van der Waals surface area contributed by atoms with Crippen LogP contribution in [-0.4, -0.2) is 23.5 Å². The summed E-state index contributed by atoms with van der Waals surface area (Å²) >= 11 is 6.40. The molecule has 0 spiro atoms. The number of hydrogen-bond acceptors (Lipinski definition) is 3. The number of hydrogen-bond donors (Lipinski definition) is 2. The molecule has 2 N–H and O–H groups in total. The maximum atomic E-state index is 12.7. The van der Waals surface area contributed by atoms with Crippen LogP contribution in [0.1, 0.15) is 29.8 Å². The number of anilines is 1. The first kappa shape index (κ1) is 21.5. The number of nitrogens with one attached hydrogen (secondary N) is 2. The van der Waals surface area contributed by atoms with Crippen LogP contribution < -0.4 is 15.4 Å². The highest BCUT2D eigenvalue weighted by molar-refractivity contribution is 6.33. The Hall–Kier alpha value is -3.25. The Labute approximate surface area is 180 Å². The quantitative estimate of drug-likeness (QED) is 0.578. The van der Waals surface area contributed by atoms with E-state index < -0.39 is 0 Å². The van der Waals surface area contributed by atoms with Gasteiger partial charge in [-0.05, 0) is 35.9 Å². The van der Waals surface area contributed by atoms with E-state index in [1.807, 2.05) is 67.2 Å². The zero-order chi connectivity index (χ0) is 21.7. The van der Waals surface area contributed by atoms with Crippen LogP contribution in [0.3, 0.4) is 0 Å². The molecule has 0 aliphatic carbocycles. The van der Waals surface area contributed by atoms with Crippen molar-refractivity contribution in [3.05, 3.63) is 77.1 Å². The number of benzene rings is 2. The van der Waals surface area contributed by atoms with Crippen molar-refractivity contribution in [3.8, 4) is 11.4 Å². The predicted molar refractivity (Wildman–Crippen MR) is 118 cm³/mol. The van der Waals surface area contributed by atoms with Crippen molar-refractivity contribution in [2.24, 2.45) is 5.92 Å². The molecule has 0 atom stereocenters. The standard InChI is InChI=1S/C23H24ClN3O3/c1-15(2)22(28)26-17-8-6-16(7-9-17)14-25-23(29)18-12-19(24)20(13-21(18)30-3)27-10-4-5-11-27/h4-13,15H,14H2,1-3H3,(H,25,29)(H,26,28). The highest BCUT2D eigenvalue weighted by Gasteiger charge is 2.16. The Morgan fingerprint density at radius 1 is 1.10 bits per heavy atom. The maximum absolute atomic E-state index is 12.7. The fourth-order valence-corrected chi connectivity index (χ4v) is 3.11. The molecule has 2 amide bonds. The van der Waals surface area contributed by atoms with Gasteiger partial charge in [0.15, 0.2) is 0 Å². The minimum absolute atomic E-state index is 0.0385. The smallest absolute Gasteiger partial charge is 0.255 e. The highest BCUT2D eigenvalue weighted by atomic mass is 35.5. The Bertz CT molecular complexity index is 1030. The Kier molecular flexibility index (Phi) is 6.79. The van der Waals surface area contributed by atoms with E-state index in [2.05, 4.69) is 10.6 Å². The summed E-state index contributed by atoms with van der Waals surface area (Å²) in [4.78, 5) is 24.5. The first-order valence-electron chi connectivity index (χ1n) is 9.58. The van der Waals surface area contributed by atoms with Crippen LogP contribution in [0.4, 0.5) is 5.69 Å². The third-order valence-electron chi connectivity index (χ3n) is 4.60. The molecule has 1 heterocycles. The van der Waals surface area contributed by atoms with E-state index >= 15 is 0 Å². The number of methoxy groups -OCH3 is 1. The second kappa shape index (κ2) is 9.50. The Morgan fingerprint density at radius 3 is 2.37 bits per heavy atom. The fourth-order valence-electron chi connectivity index (χ4n) is 2.85. The van der Waals surface area contributed by atoms with Crippen molar-refractivity contribution in [3.63, 3.8) is 0 Å². The second-order valence-corrected chi connectivity index (χ2v) is 7.52. The number of rotatable bonds is 7. The zero-order valence-electron chi connectivity index (χ0n) is 17.1. The minimum Gasteiger partial charge on any atom is -0.496 e. The molecule has 6 nitrogen and oxygen atoms in total. The van der Waals surface area contributed by atoms with Crippen LogP contribution in [0.5, 0.6) is 5.75 Å². The average Bonchev–Trinajstić information content (AvgIpc) is 3.27. The largest absolute Gasteiger partial charge is 0.496 e. The SMILES string of the molecule is COc1cc(-n2cccc2)c(Cl)cc1C(=O)NCc1ccc(NC(=O)C(C)C)cc1. The molecular formula is C23H24ClN3O3. The lowest BCUT2D eigenvalue weighted by molar-refractivity contribution is -0.118. The normalized spacial score (nSPS) is 10.7. The van der Waals surface area contributed by atoms with Crippen LogP contribution >= 0.6 is 11.6 Å². The van der Waals surface area contributed by atoms with Gasteiger partial charge in [-0.25, -0.2) is 0 Å². The lowest BCUT2D eigenvalue weighted by atomic mass is 10.1. The van der Waals surface area contributed by atoms with Gasteiger partial charge >= 0.3 is 0 Å². The molecule has 0 bridgehead atoms. The molecule has 0 unspecified atom stereocenters. The van der Waals surface area contributed by atoms with Crippen LogP contribution in [0.25, 0.3) is 5.69 Å². The molecular weight excluding hydrogens is 402 g/mol. The molecule has 156 valence electrons. The van der Waals surface area contributed by atoms with Gasteiger partial charge in [-0.1, -0.05) is 37.6 Å². The van der Waals surface area contributed by atoms with Gasteiger partial charge in [0.05, 0.1) is 23.4 Å². The highest BCUT2D eigenvalue weighted by Crippen LogP contribution is 2.30.